The van der Waals surface area contributed by atoms with Gasteiger partial charge in [-0.15, -0.1) is 11.8 Å². The maximum Gasteiger partial charge on any atom is 0.177 e. The smallest absolute Gasteiger partial charge is 0.177 e. The van der Waals surface area contributed by atoms with Crippen molar-refractivity contribution in [1.82, 2.24) is 14.8 Å². The zero-order chi connectivity index (χ0) is 25.9. The fraction of sp³-hybridized carbons (Fsp3) is 0.281. The summed E-state index contributed by atoms with van der Waals surface area (Å²) >= 11 is 1.76. The summed E-state index contributed by atoms with van der Waals surface area (Å²) in [6.45, 7) is 6.60. The Bertz CT molecular complexity index is 1580. The van der Waals surface area contributed by atoms with Gasteiger partial charge in [-0.2, -0.15) is 0 Å². The number of furan rings is 1. The average molecular weight is 523 g/mol. The van der Waals surface area contributed by atoms with Crippen LogP contribution >= 0.6 is 11.8 Å². The van der Waals surface area contributed by atoms with Crippen LogP contribution in [0.1, 0.15) is 17.5 Å². The Labute approximate surface area is 228 Å². The van der Waals surface area contributed by atoms with Gasteiger partial charge in [0.15, 0.2) is 5.58 Å². The van der Waals surface area contributed by atoms with E-state index in [2.05, 4.69) is 89.1 Å². The highest BCUT2D eigenvalue weighted by Gasteiger charge is 2.17. The van der Waals surface area contributed by atoms with Gasteiger partial charge in [-0.3, -0.25) is 0 Å². The van der Waals surface area contributed by atoms with E-state index in [-0.39, 0.29) is 0 Å². The van der Waals surface area contributed by atoms with Gasteiger partial charge in [-0.1, -0.05) is 42.5 Å². The molecule has 5 nitrogen and oxygen atoms in total. The normalized spacial score (nSPS) is 15.3. The highest BCUT2D eigenvalue weighted by atomic mass is 32.2. The lowest BCUT2D eigenvalue weighted by molar-refractivity contribution is 0.154. The zero-order valence-electron chi connectivity index (χ0n) is 22.1. The van der Waals surface area contributed by atoms with Gasteiger partial charge in [0.1, 0.15) is 11.1 Å². The first kappa shape index (κ1) is 25.0. The second kappa shape index (κ2) is 11.2. The first-order valence-corrected chi connectivity index (χ1v) is 14.6. The predicted octanol–water partition coefficient (Wildman–Crippen LogP) is 7.08. The quantitative estimate of drug-likeness (QED) is 0.134. The SMILES string of the molecule is CSc1ccc(/C=C/c2ccc3nc4c(oc5ccccc54)c(NCCCN4CCN(C)CC4)c3c2)cc1. The number of nitrogens with one attached hydrogen (secondary N) is 1. The Morgan fingerprint density at radius 1 is 0.921 bits per heavy atom. The van der Waals surface area contributed by atoms with E-state index in [9.17, 15) is 0 Å². The highest BCUT2D eigenvalue weighted by Crippen LogP contribution is 2.37. The van der Waals surface area contributed by atoms with Crippen molar-refractivity contribution in [2.75, 3.05) is 57.9 Å². The first-order valence-electron chi connectivity index (χ1n) is 13.4. The van der Waals surface area contributed by atoms with Gasteiger partial charge in [-0.25, -0.2) is 4.98 Å². The van der Waals surface area contributed by atoms with Crippen LogP contribution in [-0.4, -0.2) is 67.4 Å². The number of anilines is 1. The van der Waals surface area contributed by atoms with Crippen molar-refractivity contribution in [1.29, 1.82) is 0 Å². The molecule has 1 N–H and O–H groups in total. The first-order chi connectivity index (χ1) is 18.7. The fourth-order valence-electron chi connectivity index (χ4n) is 5.18. The van der Waals surface area contributed by atoms with E-state index in [0.717, 1.165) is 89.9 Å². The Kier molecular flexibility index (Phi) is 7.36. The Balaban J connectivity index is 1.31. The molecule has 0 radical (unpaired) electrons. The van der Waals surface area contributed by atoms with Crippen LogP contribution < -0.4 is 5.32 Å². The minimum atomic E-state index is 0.840. The molecule has 0 unspecified atom stereocenters. The average Bonchev–Trinajstić information content (AvgIpc) is 3.33. The molecule has 0 spiro atoms. The van der Waals surface area contributed by atoms with Crippen LogP contribution in [0.25, 0.3) is 45.1 Å². The topological polar surface area (TPSA) is 44.5 Å². The van der Waals surface area contributed by atoms with Crippen molar-refractivity contribution >= 4 is 62.6 Å². The van der Waals surface area contributed by atoms with E-state index in [1.165, 1.54) is 10.5 Å². The summed E-state index contributed by atoms with van der Waals surface area (Å²) in [6, 6.07) is 23.3. The van der Waals surface area contributed by atoms with Crippen molar-refractivity contribution in [2.24, 2.45) is 0 Å². The summed E-state index contributed by atoms with van der Waals surface area (Å²) in [4.78, 5) is 11.3. The number of nitrogens with zero attached hydrogens (tertiary/aromatic N) is 3. The summed E-state index contributed by atoms with van der Waals surface area (Å²) in [5.41, 5.74) is 6.99. The Hall–Kier alpha value is -3.32. The van der Waals surface area contributed by atoms with Crippen LogP contribution in [0.2, 0.25) is 0 Å². The van der Waals surface area contributed by atoms with Crippen LogP contribution in [0.4, 0.5) is 5.69 Å². The molecule has 1 aliphatic heterocycles. The zero-order valence-corrected chi connectivity index (χ0v) is 22.9. The molecule has 0 atom stereocenters. The second-order valence-electron chi connectivity index (χ2n) is 10.1. The van der Waals surface area contributed by atoms with E-state index in [1.807, 2.05) is 18.2 Å². The molecular formula is C32H34N4OS. The number of likely N-dealkylation sites (N-methyl/N-ethyl adjacent to an activating group) is 1. The summed E-state index contributed by atoms with van der Waals surface area (Å²) in [5, 5.41) is 5.91. The summed E-state index contributed by atoms with van der Waals surface area (Å²) in [5.74, 6) is 0. The van der Waals surface area contributed by atoms with Crippen molar-refractivity contribution in [2.45, 2.75) is 11.3 Å². The summed E-state index contributed by atoms with van der Waals surface area (Å²) < 4.78 is 6.38. The molecule has 2 aromatic heterocycles. The highest BCUT2D eigenvalue weighted by molar-refractivity contribution is 7.98. The molecule has 1 aliphatic rings. The maximum absolute atomic E-state index is 6.38. The van der Waals surface area contributed by atoms with Crippen LogP contribution in [-0.2, 0) is 0 Å². The fourth-order valence-corrected chi connectivity index (χ4v) is 5.59. The van der Waals surface area contributed by atoms with Gasteiger partial charge < -0.3 is 19.5 Å². The monoisotopic (exact) mass is 522 g/mol. The van der Waals surface area contributed by atoms with Crippen molar-refractivity contribution in [3.05, 3.63) is 77.9 Å². The van der Waals surface area contributed by atoms with Crippen molar-refractivity contribution in [3.8, 4) is 0 Å². The van der Waals surface area contributed by atoms with E-state index in [0.29, 0.717) is 0 Å². The number of aromatic nitrogens is 1. The predicted molar refractivity (Wildman–Crippen MR) is 163 cm³/mol. The van der Waals surface area contributed by atoms with Gasteiger partial charge in [0.2, 0.25) is 0 Å². The van der Waals surface area contributed by atoms with E-state index in [4.69, 9.17) is 9.40 Å². The van der Waals surface area contributed by atoms with Crippen molar-refractivity contribution in [3.63, 3.8) is 0 Å². The number of rotatable bonds is 8. The standard InChI is InChI=1S/C32H34N4OS/c1-35-18-20-36(21-19-35)17-5-16-33-30-27-22-24(9-8-23-10-13-25(38-2)14-11-23)12-15-28(27)34-31-26-6-3-4-7-29(26)37-32(30)31/h3-4,6-15,22H,5,16-21H2,1-2H3,(H,33,34)/b9-8+. The molecule has 0 aliphatic carbocycles. The number of thioether (sulfide) groups is 1. The molecule has 3 heterocycles. The lowest BCUT2D eigenvalue weighted by atomic mass is 10.1. The largest absolute Gasteiger partial charge is 0.452 e. The molecule has 3 aromatic carbocycles. The van der Waals surface area contributed by atoms with E-state index < -0.39 is 0 Å². The van der Waals surface area contributed by atoms with Gasteiger partial charge >= 0.3 is 0 Å². The van der Waals surface area contributed by atoms with Gasteiger partial charge in [0.05, 0.1) is 11.2 Å². The second-order valence-corrected chi connectivity index (χ2v) is 11.0. The molecule has 194 valence electrons. The van der Waals surface area contributed by atoms with Crippen LogP contribution in [0.3, 0.4) is 0 Å². The summed E-state index contributed by atoms with van der Waals surface area (Å²) in [7, 11) is 2.21. The van der Waals surface area contributed by atoms with E-state index in [1.54, 1.807) is 11.8 Å². The number of piperazine rings is 1. The van der Waals surface area contributed by atoms with Crippen LogP contribution in [0, 0.1) is 0 Å². The molecule has 1 saturated heterocycles. The molecule has 6 rings (SSSR count). The number of pyridine rings is 1. The molecule has 0 bridgehead atoms. The number of fused-ring (bicyclic) bond motifs is 4. The molecule has 0 amide bonds. The van der Waals surface area contributed by atoms with E-state index >= 15 is 0 Å². The Morgan fingerprint density at radius 2 is 1.68 bits per heavy atom. The number of para-hydroxylation sites is 1. The molecule has 6 heteroatoms. The minimum Gasteiger partial charge on any atom is -0.452 e. The number of hydrogen-bond donors (Lipinski definition) is 1. The molecular weight excluding hydrogens is 488 g/mol. The van der Waals surface area contributed by atoms with Crippen LogP contribution in [0.5, 0.6) is 0 Å². The third kappa shape index (κ3) is 5.30. The van der Waals surface area contributed by atoms with Crippen LogP contribution in [0.15, 0.2) is 76.0 Å². The Morgan fingerprint density at radius 3 is 2.50 bits per heavy atom. The van der Waals surface area contributed by atoms with Gasteiger partial charge in [-0.05, 0) is 73.8 Å². The van der Waals surface area contributed by atoms with Gasteiger partial charge in [0, 0.05) is 48.4 Å². The molecule has 1 fully saturated rings. The lowest BCUT2D eigenvalue weighted by Gasteiger charge is -2.32. The van der Waals surface area contributed by atoms with Crippen molar-refractivity contribution < 1.29 is 4.42 Å². The summed E-state index contributed by atoms with van der Waals surface area (Å²) in [6.07, 6.45) is 7.53. The number of hydrogen-bond acceptors (Lipinski definition) is 6. The third-order valence-corrected chi connectivity index (χ3v) is 8.19. The third-order valence-electron chi connectivity index (χ3n) is 7.45. The van der Waals surface area contributed by atoms with Gasteiger partial charge in [0.25, 0.3) is 0 Å². The molecule has 5 aromatic rings. The number of benzene rings is 3. The lowest BCUT2D eigenvalue weighted by Crippen LogP contribution is -2.44. The maximum atomic E-state index is 6.38. The molecule has 0 saturated carbocycles. The minimum absolute atomic E-state index is 0.840. The molecule has 38 heavy (non-hydrogen) atoms.